The molecule has 0 unspecified atom stereocenters. The van der Waals surface area contributed by atoms with Crippen LogP contribution in [0.1, 0.15) is 31.4 Å². The number of carbonyl (C=O) groups is 1. The lowest BCUT2D eigenvalue weighted by Gasteiger charge is -2.27. The van der Waals surface area contributed by atoms with Crippen LogP contribution in [-0.4, -0.2) is 43.2 Å². The lowest BCUT2D eigenvalue weighted by Crippen LogP contribution is -2.39. The van der Waals surface area contributed by atoms with Crippen LogP contribution in [0.25, 0.3) is 0 Å². The third-order valence-corrected chi connectivity index (χ3v) is 4.85. The summed E-state index contributed by atoms with van der Waals surface area (Å²) in [5, 5.41) is 3.61. The highest BCUT2D eigenvalue weighted by atomic mass is 16.5. The molecule has 1 N–H and O–H groups in total. The predicted octanol–water partition coefficient (Wildman–Crippen LogP) is 1.97. The van der Waals surface area contributed by atoms with E-state index in [0.29, 0.717) is 18.4 Å². The van der Waals surface area contributed by atoms with Crippen LogP contribution in [0.3, 0.4) is 0 Å². The fraction of sp³-hybridized carbons (Fsp3) is 0.588. The van der Waals surface area contributed by atoms with Gasteiger partial charge in [0.05, 0.1) is 12.1 Å². The number of hydrogen-bond acceptors (Lipinski definition) is 3. The van der Waals surface area contributed by atoms with Crippen LogP contribution < -0.4 is 5.32 Å². The molecular formula is C17H24N2O2. The second-order valence-corrected chi connectivity index (χ2v) is 6.20. The Hall–Kier alpha value is -1.39. The maximum absolute atomic E-state index is 12.1. The molecule has 0 saturated carbocycles. The van der Waals surface area contributed by atoms with Gasteiger partial charge in [-0.3, -0.25) is 4.79 Å². The van der Waals surface area contributed by atoms with Gasteiger partial charge in [-0.05, 0) is 18.9 Å². The summed E-state index contributed by atoms with van der Waals surface area (Å²) in [6, 6.07) is 11.0. The Balaban J connectivity index is 1.69. The van der Waals surface area contributed by atoms with Crippen LogP contribution in [-0.2, 0) is 9.53 Å². The van der Waals surface area contributed by atoms with Gasteiger partial charge in [-0.2, -0.15) is 0 Å². The average Bonchev–Trinajstić information content (AvgIpc) is 3.02. The summed E-state index contributed by atoms with van der Waals surface area (Å²) in [6.45, 7) is 3.82. The van der Waals surface area contributed by atoms with Crippen molar-refractivity contribution in [2.24, 2.45) is 5.92 Å². The Bertz CT molecular complexity index is 491. The molecule has 0 aromatic heterocycles. The number of nitrogens with one attached hydrogen (secondary N) is 1. The number of likely N-dealkylation sites (tertiary alicyclic amines) is 1. The van der Waals surface area contributed by atoms with Crippen molar-refractivity contribution in [2.45, 2.75) is 38.0 Å². The van der Waals surface area contributed by atoms with Gasteiger partial charge in [-0.25, -0.2) is 0 Å². The van der Waals surface area contributed by atoms with Crippen molar-refractivity contribution in [3.8, 4) is 0 Å². The van der Waals surface area contributed by atoms with Gasteiger partial charge in [-0.1, -0.05) is 30.3 Å². The molecule has 4 heteroatoms. The molecular weight excluding hydrogens is 264 g/mol. The van der Waals surface area contributed by atoms with E-state index in [1.165, 1.54) is 5.56 Å². The van der Waals surface area contributed by atoms with Crippen molar-refractivity contribution in [1.29, 1.82) is 0 Å². The number of nitrogens with zero attached hydrogens (tertiary/aromatic N) is 1. The predicted molar refractivity (Wildman–Crippen MR) is 81.9 cm³/mol. The second-order valence-electron chi connectivity index (χ2n) is 6.20. The summed E-state index contributed by atoms with van der Waals surface area (Å²) in [6.07, 6.45) is 1.97. The monoisotopic (exact) mass is 288 g/mol. The molecule has 0 aliphatic carbocycles. The first-order chi connectivity index (χ1) is 10.2. The Morgan fingerprint density at radius 1 is 1.33 bits per heavy atom. The van der Waals surface area contributed by atoms with Crippen molar-refractivity contribution in [3.63, 3.8) is 0 Å². The topological polar surface area (TPSA) is 41.6 Å². The molecule has 4 atom stereocenters. The number of rotatable bonds is 4. The SMILES string of the molecule is C[C@@H]1OCC[C@@H]1NC[C@@H]1CC(=O)N(C)[C@@H]1c1ccccc1. The molecule has 1 aromatic carbocycles. The van der Waals surface area contributed by atoms with Crippen molar-refractivity contribution in [1.82, 2.24) is 10.2 Å². The molecule has 0 radical (unpaired) electrons. The van der Waals surface area contributed by atoms with Crippen molar-refractivity contribution in [3.05, 3.63) is 35.9 Å². The van der Waals surface area contributed by atoms with Gasteiger partial charge in [0, 0.05) is 38.6 Å². The minimum atomic E-state index is 0.184. The van der Waals surface area contributed by atoms with Gasteiger partial charge in [-0.15, -0.1) is 0 Å². The van der Waals surface area contributed by atoms with Crippen LogP contribution in [0.2, 0.25) is 0 Å². The fourth-order valence-corrected chi connectivity index (χ4v) is 3.58. The summed E-state index contributed by atoms with van der Waals surface area (Å²) in [7, 11) is 1.92. The minimum absolute atomic E-state index is 0.184. The van der Waals surface area contributed by atoms with E-state index >= 15 is 0 Å². The maximum atomic E-state index is 12.1. The fourth-order valence-electron chi connectivity index (χ4n) is 3.58. The van der Waals surface area contributed by atoms with E-state index in [9.17, 15) is 4.79 Å². The van der Waals surface area contributed by atoms with Gasteiger partial charge >= 0.3 is 0 Å². The highest BCUT2D eigenvalue weighted by molar-refractivity contribution is 5.79. The molecule has 1 aromatic rings. The Morgan fingerprint density at radius 3 is 2.76 bits per heavy atom. The third kappa shape index (κ3) is 2.97. The Morgan fingerprint density at radius 2 is 2.10 bits per heavy atom. The van der Waals surface area contributed by atoms with E-state index < -0.39 is 0 Å². The molecule has 2 aliphatic heterocycles. The molecule has 3 rings (SSSR count). The van der Waals surface area contributed by atoms with Crippen LogP contribution >= 0.6 is 0 Å². The van der Waals surface area contributed by atoms with Crippen LogP contribution in [0.4, 0.5) is 0 Å². The largest absolute Gasteiger partial charge is 0.377 e. The van der Waals surface area contributed by atoms with E-state index in [1.54, 1.807) is 0 Å². The summed E-state index contributed by atoms with van der Waals surface area (Å²) < 4.78 is 5.59. The molecule has 0 bridgehead atoms. The van der Waals surface area contributed by atoms with Gasteiger partial charge in [0.2, 0.25) is 5.91 Å². The van der Waals surface area contributed by atoms with Crippen LogP contribution in [0, 0.1) is 5.92 Å². The lowest BCUT2D eigenvalue weighted by atomic mass is 9.93. The van der Waals surface area contributed by atoms with E-state index in [1.807, 2.05) is 30.1 Å². The van der Waals surface area contributed by atoms with Crippen molar-refractivity contribution >= 4 is 5.91 Å². The number of carbonyl (C=O) groups excluding carboxylic acids is 1. The first-order valence-corrected chi connectivity index (χ1v) is 7.82. The molecule has 4 nitrogen and oxygen atoms in total. The summed E-state index contributed by atoms with van der Waals surface area (Å²) >= 11 is 0. The van der Waals surface area contributed by atoms with Crippen LogP contribution in [0.15, 0.2) is 30.3 Å². The molecule has 1 amide bonds. The van der Waals surface area contributed by atoms with Gasteiger partial charge < -0.3 is 15.0 Å². The summed E-state index contributed by atoms with van der Waals surface area (Å²) in [5.41, 5.74) is 1.23. The number of hydrogen-bond donors (Lipinski definition) is 1. The third-order valence-electron chi connectivity index (χ3n) is 4.85. The smallest absolute Gasteiger partial charge is 0.223 e. The zero-order valence-corrected chi connectivity index (χ0v) is 12.8. The van der Waals surface area contributed by atoms with E-state index in [4.69, 9.17) is 4.74 Å². The maximum Gasteiger partial charge on any atom is 0.223 e. The molecule has 2 saturated heterocycles. The first-order valence-electron chi connectivity index (χ1n) is 7.82. The molecule has 2 heterocycles. The minimum Gasteiger partial charge on any atom is -0.377 e. The molecule has 0 spiro atoms. The van der Waals surface area contributed by atoms with E-state index in [2.05, 4.69) is 24.4 Å². The van der Waals surface area contributed by atoms with Gasteiger partial charge in [0.25, 0.3) is 0 Å². The molecule has 2 aliphatic rings. The van der Waals surface area contributed by atoms with Gasteiger partial charge in [0.1, 0.15) is 0 Å². The number of ether oxygens (including phenoxy) is 1. The van der Waals surface area contributed by atoms with Crippen molar-refractivity contribution in [2.75, 3.05) is 20.2 Å². The number of amides is 1. The highest BCUT2D eigenvalue weighted by Gasteiger charge is 2.38. The average molecular weight is 288 g/mol. The van der Waals surface area contributed by atoms with E-state index in [0.717, 1.165) is 19.6 Å². The normalized spacial score (nSPS) is 32.9. The molecule has 114 valence electrons. The second kappa shape index (κ2) is 6.16. The Labute approximate surface area is 126 Å². The Kier molecular flexibility index (Phi) is 4.27. The molecule has 21 heavy (non-hydrogen) atoms. The van der Waals surface area contributed by atoms with Crippen LogP contribution in [0.5, 0.6) is 0 Å². The van der Waals surface area contributed by atoms with Crippen molar-refractivity contribution < 1.29 is 9.53 Å². The zero-order chi connectivity index (χ0) is 14.8. The zero-order valence-electron chi connectivity index (χ0n) is 12.8. The first kappa shape index (κ1) is 14.5. The lowest BCUT2D eigenvalue weighted by molar-refractivity contribution is -0.127. The summed E-state index contributed by atoms with van der Waals surface area (Å²) in [5.74, 6) is 0.573. The number of benzene rings is 1. The van der Waals surface area contributed by atoms with Gasteiger partial charge in [0.15, 0.2) is 0 Å². The quantitative estimate of drug-likeness (QED) is 0.921. The highest BCUT2D eigenvalue weighted by Crippen LogP contribution is 2.36. The molecule has 2 fully saturated rings. The standard InChI is InChI=1S/C17H24N2O2/c1-12-15(8-9-21-12)18-11-14-10-16(20)19(2)17(14)13-6-4-3-5-7-13/h3-7,12,14-15,17-18H,8-11H2,1-2H3/t12-,14-,15-,17+/m0/s1. The van der Waals surface area contributed by atoms with E-state index in [-0.39, 0.29) is 18.1 Å². The summed E-state index contributed by atoms with van der Waals surface area (Å²) in [4.78, 5) is 14.0.